The molecule has 0 spiro atoms. The summed E-state index contributed by atoms with van der Waals surface area (Å²) in [5.74, 6) is -1.91. The van der Waals surface area contributed by atoms with Gasteiger partial charge in [-0.15, -0.1) is 21.5 Å². The van der Waals surface area contributed by atoms with E-state index in [1.54, 1.807) is 6.07 Å². The number of halogens is 2. The number of hydrogen-bond acceptors (Lipinski definition) is 5. The molecule has 0 saturated carbocycles. The lowest BCUT2D eigenvalue weighted by molar-refractivity contribution is 0.391. The fourth-order valence-electron chi connectivity index (χ4n) is 4.35. The molecule has 9 heteroatoms. The molecule has 1 aliphatic heterocycles. The van der Waals surface area contributed by atoms with Crippen molar-refractivity contribution in [2.75, 3.05) is 6.54 Å². The van der Waals surface area contributed by atoms with E-state index in [9.17, 15) is 17.2 Å². The molecule has 0 amide bonds. The van der Waals surface area contributed by atoms with Crippen LogP contribution < -0.4 is 0 Å². The fourth-order valence-corrected chi connectivity index (χ4v) is 6.63. The molecule has 5 rings (SSSR count). The maximum absolute atomic E-state index is 13.8. The zero-order chi connectivity index (χ0) is 23.9. The van der Waals surface area contributed by atoms with Gasteiger partial charge in [0.05, 0.1) is 0 Å². The molecule has 4 aromatic rings. The van der Waals surface area contributed by atoms with E-state index < -0.39 is 21.7 Å². The summed E-state index contributed by atoms with van der Waals surface area (Å²) in [6, 6.07) is 15.6. The first kappa shape index (κ1) is 22.8. The zero-order valence-corrected chi connectivity index (χ0v) is 20.0. The van der Waals surface area contributed by atoms with E-state index in [2.05, 4.69) is 10.2 Å². The molecule has 0 unspecified atom stereocenters. The second-order valence-corrected chi connectivity index (χ2v) is 11.2. The molecule has 0 saturated heterocycles. The molecule has 1 aliphatic rings. The van der Waals surface area contributed by atoms with Gasteiger partial charge in [-0.3, -0.25) is 0 Å². The summed E-state index contributed by atoms with van der Waals surface area (Å²) in [7, 11) is -3.51. The fraction of sp³-hybridized carbons (Fsp3) is 0.200. The molecule has 0 radical (unpaired) electrons. The molecule has 0 aliphatic carbocycles. The van der Waals surface area contributed by atoms with Gasteiger partial charge < -0.3 is 0 Å². The van der Waals surface area contributed by atoms with Crippen LogP contribution in [0.4, 0.5) is 8.78 Å². The van der Waals surface area contributed by atoms with Gasteiger partial charge in [0.15, 0.2) is 11.6 Å². The average Bonchev–Trinajstić information content (AvgIpc) is 3.33. The van der Waals surface area contributed by atoms with Gasteiger partial charge >= 0.3 is 0 Å². The van der Waals surface area contributed by atoms with Crippen LogP contribution in [0, 0.1) is 18.6 Å². The smallest absolute Gasteiger partial charge is 0.212 e. The highest BCUT2D eigenvalue weighted by Crippen LogP contribution is 2.36. The molecule has 34 heavy (non-hydrogen) atoms. The number of rotatable bonds is 5. The highest BCUT2D eigenvalue weighted by Gasteiger charge is 2.29. The molecule has 2 heterocycles. The molecular weight excluding hydrogens is 476 g/mol. The van der Waals surface area contributed by atoms with Gasteiger partial charge in [-0.1, -0.05) is 36.4 Å². The van der Waals surface area contributed by atoms with Crippen LogP contribution in [0.25, 0.3) is 22.3 Å². The SMILES string of the molecule is Cc1ccc(-c2ccc(F)c(F)c2)cc1-c1cccc2c1CCN(S(=O)(=O)Cc1nncs1)C2. The van der Waals surface area contributed by atoms with Crippen molar-refractivity contribution in [3.63, 3.8) is 0 Å². The van der Waals surface area contributed by atoms with Gasteiger partial charge in [0.1, 0.15) is 16.3 Å². The highest BCUT2D eigenvalue weighted by molar-refractivity contribution is 7.88. The second-order valence-electron chi connectivity index (χ2n) is 8.27. The Labute approximate surface area is 200 Å². The highest BCUT2D eigenvalue weighted by atomic mass is 32.2. The molecule has 174 valence electrons. The molecule has 5 nitrogen and oxygen atoms in total. The van der Waals surface area contributed by atoms with E-state index in [4.69, 9.17) is 0 Å². The van der Waals surface area contributed by atoms with Gasteiger partial charge in [-0.05, 0) is 70.5 Å². The van der Waals surface area contributed by atoms with Gasteiger partial charge in [-0.25, -0.2) is 17.2 Å². The number of aryl methyl sites for hydroxylation is 1. The van der Waals surface area contributed by atoms with Crippen LogP contribution >= 0.6 is 11.3 Å². The molecule has 0 N–H and O–H groups in total. The van der Waals surface area contributed by atoms with Gasteiger partial charge in [-0.2, -0.15) is 4.31 Å². The lowest BCUT2D eigenvalue weighted by Gasteiger charge is -2.29. The van der Waals surface area contributed by atoms with Crippen molar-refractivity contribution >= 4 is 21.4 Å². The summed E-state index contributed by atoms with van der Waals surface area (Å²) in [6.07, 6.45) is 0.579. The summed E-state index contributed by atoms with van der Waals surface area (Å²) in [5.41, 5.74) is 8.04. The van der Waals surface area contributed by atoms with Gasteiger partial charge in [0.2, 0.25) is 10.0 Å². The predicted molar refractivity (Wildman–Crippen MR) is 129 cm³/mol. The van der Waals surface area contributed by atoms with Crippen molar-refractivity contribution in [1.29, 1.82) is 0 Å². The van der Waals surface area contributed by atoms with E-state index in [1.165, 1.54) is 27.2 Å². The number of hydrogen-bond donors (Lipinski definition) is 0. The summed E-state index contributed by atoms with van der Waals surface area (Å²) < 4.78 is 54.6. The lowest BCUT2D eigenvalue weighted by Crippen LogP contribution is -2.36. The maximum atomic E-state index is 13.8. The van der Waals surface area contributed by atoms with Crippen molar-refractivity contribution < 1.29 is 17.2 Å². The lowest BCUT2D eigenvalue weighted by atomic mass is 9.88. The van der Waals surface area contributed by atoms with E-state index in [0.29, 0.717) is 30.1 Å². The van der Waals surface area contributed by atoms with Crippen molar-refractivity contribution in [3.05, 3.63) is 93.4 Å². The summed E-state index contributed by atoms with van der Waals surface area (Å²) >= 11 is 1.23. The van der Waals surface area contributed by atoms with Crippen LogP contribution in [-0.4, -0.2) is 29.5 Å². The Morgan fingerprint density at radius 1 is 1.00 bits per heavy atom. The Kier molecular flexibility index (Phi) is 6.01. The molecule has 0 fully saturated rings. The average molecular weight is 498 g/mol. The number of benzene rings is 3. The first-order chi connectivity index (χ1) is 16.3. The van der Waals surface area contributed by atoms with E-state index in [-0.39, 0.29) is 5.75 Å². The van der Waals surface area contributed by atoms with E-state index >= 15 is 0 Å². The van der Waals surface area contributed by atoms with Gasteiger partial charge in [0.25, 0.3) is 0 Å². The molecular formula is C25H21F2N3O2S2. The first-order valence-corrected chi connectivity index (χ1v) is 13.2. The third kappa shape index (κ3) is 4.38. The summed E-state index contributed by atoms with van der Waals surface area (Å²) in [6.45, 7) is 2.69. The normalized spacial score (nSPS) is 14.2. The third-order valence-corrected chi connectivity index (χ3v) is 8.73. The second kappa shape index (κ2) is 8.98. The minimum atomic E-state index is -3.51. The molecule has 0 bridgehead atoms. The Morgan fingerprint density at radius 2 is 1.79 bits per heavy atom. The van der Waals surface area contributed by atoms with E-state index in [0.717, 1.165) is 39.4 Å². The zero-order valence-electron chi connectivity index (χ0n) is 18.3. The van der Waals surface area contributed by atoms with Crippen molar-refractivity contribution in [1.82, 2.24) is 14.5 Å². The van der Waals surface area contributed by atoms with Gasteiger partial charge in [0, 0.05) is 13.1 Å². The molecule has 3 aromatic carbocycles. The van der Waals surface area contributed by atoms with E-state index in [1.807, 2.05) is 43.3 Å². The standard InChI is InChI=1S/C25H21F2N3O2S2/c1-16-5-6-17(18-7-8-23(26)24(27)12-18)11-22(16)21-4-2-3-19-13-30(10-9-20(19)21)34(31,32)14-25-29-28-15-33-25/h2-8,11-12,15H,9-10,13-14H2,1H3. The number of fused-ring (bicyclic) bond motifs is 1. The Morgan fingerprint density at radius 3 is 2.56 bits per heavy atom. The Hall–Kier alpha value is -3.01. The summed E-state index contributed by atoms with van der Waals surface area (Å²) in [4.78, 5) is 0. The topological polar surface area (TPSA) is 63.2 Å². The van der Waals surface area contributed by atoms with Crippen LogP contribution in [-0.2, 0) is 28.7 Å². The predicted octanol–water partition coefficient (Wildman–Crippen LogP) is 5.35. The van der Waals surface area contributed by atoms with Crippen molar-refractivity contribution in [3.8, 4) is 22.3 Å². The maximum Gasteiger partial charge on any atom is 0.221 e. The number of aromatic nitrogens is 2. The third-order valence-electron chi connectivity index (χ3n) is 6.12. The first-order valence-electron chi connectivity index (χ1n) is 10.7. The monoisotopic (exact) mass is 497 g/mol. The minimum Gasteiger partial charge on any atom is -0.212 e. The van der Waals surface area contributed by atoms with Crippen LogP contribution in [0.2, 0.25) is 0 Å². The van der Waals surface area contributed by atoms with Crippen LogP contribution in [0.1, 0.15) is 21.7 Å². The summed E-state index contributed by atoms with van der Waals surface area (Å²) in [5, 5.41) is 8.07. The molecule has 1 aromatic heterocycles. The van der Waals surface area contributed by atoms with Crippen LogP contribution in [0.15, 0.2) is 60.1 Å². The van der Waals surface area contributed by atoms with Crippen molar-refractivity contribution in [2.45, 2.75) is 25.6 Å². The van der Waals surface area contributed by atoms with Crippen LogP contribution in [0.3, 0.4) is 0 Å². The van der Waals surface area contributed by atoms with Crippen LogP contribution in [0.5, 0.6) is 0 Å². The molecule has 0 atom stereocenters. The largest absolute Gasteiger partial charge is 0.221 e. The minimum absolute atomic E-state index is 0.151. The Bertz CT molecular complexity index is 1470. The van der Waals surface area contributed by atoms with Crippen molar-refractivity contribution in [2.24, 2.45) is 0 Å². The quantitative estimate of drug-likeness (QED) is 0.373. The Balaban J connectivity index is 1.48. The number of nitrogens with zero attached hydrogens (tertiary/aromatic N) is 3. The number of sulfonamides is 1.